The fourth-order valence-corrected chi connectivity index (χ4v) is 8.98. The zero-order valence-corrected chi connectivity index (χ0v) is 18.9. The van der Waals surface area contributed by atoms with Gasteiger partial charge in [0.25, 0.3) is 0 Å². The smallest absolute Gasteiger partial charge is 0.305 e. The van der Waals surface area contributed by atoms with E-state index in [0.29, 0.717) is 41.9 Å². The number of aliphatic hydroxyl groups excluding tert-OH is 2. The highest BCUT2D eigenvalue weighted by atomic mass is 16.5. The van der Waals surface area contributed by atoms with Crippen molar-refractivity contribution in [2.75, 3.05) is 7.11 Å². The van der Waals surface area contributed by atoms with Gasteiger partial charge in [-0.3, -0.25) is 4.79 Å². The maximum Gasteiger partial charge on any atom is 0.305 e. The van der Waals surface area contributed by atoms with Crippen LogP contribution >= 0.6 is 0 Å². The van der Waals surface area contributed by atoms with Gasteiger partial charge in [0.1, 0.15) is 0 Å². The molecule has 4 rings (SSSR count). The number of hydrogen-bond acceptors (Lipinski definition) is 4. The van der Waals surface area contributed by atoms with Crippen molar-refractivity contribution in [2.24, 2.45) is 46.3 Å². The zero-order chi connectivity index (χ0) is 21.0. The van der Waals surface area contributed by atoms with Crippen LogP contribution in [0.2, 0.25) is 0 Å². The van der Waals surface area contributed by atoms with Crippen LogP contribution in [0.1, 0.15) is 85.0 Å². The van der Waals surface area contributed by atoms with Gasteiger partial charge in [0.15, 0.2) is 0 Å². The molecule has 0 aliphatic heterocycles. The third-order valence-corrected chi connectivity index (χ3v) is 10.4. The summed E-state index contributed by atoms with van der Waals surface area (Å²) >= 11 is 0. The number of esters is 1. The summed E-state index contributed by atoms with van der Waals surface area (Å²) in [7, 11) is 1.47. The van der Waals surface area contributed by atoms with Crippen molar-refractivity contribution in [3.8, 4) is 0 Å². The van der Waals surface area contributed by atoms with E-state index in [0.717, 1.165) is 32.1 Å². The SMILES string of the molecule is COC(=O)CC[C@@H](C)[C@H]1CC[C@H]2[C@@H]3CC[C@H]4C[C@@H](O)CC[C@]4(C)[C@H]3[C@@H](O)C[C@]12C. The van der Waals surface area contributed by atoms with Gasteiger partial charge in [-0.25, -0.2) is 0 Å². The molecule has 2 N–H and O–H groups in total. The monoisotopic (exact) mass is 406 g/mol. The highest BCUT2D eigenvalue weighted by molar-refractivity contribution is 5.69. The second-order valence-corrected chi connectivity index (χ2v) is 11.6. The first-order valence-corrected chi connectivity index (χ1v) is 12.1. The van der Waals surface area contributed by atoms with E-state index in [-0.39, 0.29) is 29.0 Å². The minimum absolute atomic E-state index is 0.106. The molecule has 4 aliphatic carbocycles. The molecule has 0 unspecified atom stereocenters. The van der Waals surface area contributed by atoms with E-state index in [2.05, 4.69) is 20.8 Å². The summed E-state index contributed by atoms with van der Waals surface area (Å²) in [4.78, 5) is 11.6. The third kappa shape index (κ3) is 3.46. The Hall–Kier alpha value is -0.610. The van der Waals surface area contributed by atoms with E-state index in [9.17, 15) is 15.0 Å². The topological polar surface area (TPSA) is 66.8 Å². The van der Waals surface area contributed by atoms with Gasteiger partial charge in [-0.15, -0.1) is 0 Å². The molecular formula is C25H42O4. The molecule has 29 heavy (non-hydrogen) atoms. The van der Waals surface area contributed by atoms with E-state index >= 15 is 0 Å². The normalized spacial score (nSPS) is 50.2. The number of fused-ring (bicyclic) bond motifs is 5. The second kappa shape index (κ2) is 7.82. The number of aliphatic hydroxyl groups is 2. The Kier molecular flexibility index (Phi) is 5.83. The number of rotatable bonds is 4. The fraction of sp³-hybridized carbons (Fsp3) is 0.960. The van der Waals surface area contributed by atoms with Crippen LogP contribution in [-0.4, -0.2) is 35.5 Å². The third-order valence-electron chi connectivity index (χ3n) is 10.4. The van der Waals surface area contributed by atoms with Crippen LogP contribution < -0.4 is 0 Å². The molecular weight excluding hydrogens is 364 g/mol. The first-order chi connectivity index (χ1) is 13.7. The van der Waals surface area contributed by atoms with Gasteiger partial charge < -0.3 is 14.9 Å². The van der Waals surface area contributed by atoms with Crippen LogP contribution in [0.3, 0.4) is 0 Å². The van der Waals surface area contributed by atoms with Gasteiger partial charge in [0, 0.05) is 6.42 Å². The number of ether oxygens (including phenoxy) is 1. The van der Waals surface area contributed by atoms with Crippen molar-refractivity contribution in [3.63, 3.8) is 0 Å². The molecule has 4 heteroatoms. The van der Waals surface area contributed by atoms with Crippen LogP contribution in [0.5, 0.6) is 0 Å². The predicted octanol–water partition coefficient (Wildman–Crippen LogP) is 4.57. The summed E-state index contributed by atoms with van der Waals surface area (Å²) in [6, 6.07) is 0. The van der Waals surface area contributed by atoms with E-state index < -0.39 is 0 Å². The van der Waals surface area contributed by atoms with Gasteiger partial charge in [0.05, 0.1) is 19.3 Å². The minimum Gasteiger partial charge on any atom is -0.469 e. The molecule has 0 aromatic carbocycles. The van der Waals surface area contributed by atoms with Gasteiger partial charge in [-0.05, 0) is 104 Å². The maximum absolute atomic E-state index is 11.6. The molecule has 0 heterocycles. The Morgan fingerprint density at radius 2 is 1.86 bits per heavy atom. The number of carbonyl (C=O) groups excluding carboxylic acids is 1. The lowest BCUT2D eigenvalue weighted by atomic mass is 9.43. The summed E-state index contributed by atoms with van der Waals surface area (Å²) in [5.74, 6) is 3.27. The molecule has 10 atom stereocenters. The lowest BCUT2D eigenvalue weighted by molar-refractivity contribution is -0.179. The molecule has 0 amide bonds. The largest absolute Gasteiger partial charge is 0.469 e. The first kappa shape index (κ1) is 21.6. The Morgan fingerprint density at radius 3 is 2.59 bits per heavy atom. The van der Waals surface area contributed by atoms with Crippen molar-refractivity contribution in [3.05, 3.63) is 0 Å². The summed E-state index contributed by atoms with van der Waals surface area (Å²) in [5.41, 5.74) is 0.380. The average molecular weight is 407 g/mol. The summed E-state index contributed by atoms with van der Waals surface area (Å²) in [5, 5.41) is 21.7. The lowest BCUT2D eigenvalue weighted by Gasteiger charge is -2.62. The molecule has 0 spiro atoms. The van der Waals surface area contributed by atoms with E-state index in [1.807, 2.05) is 0 Å². The van der Waals surface area contributed by atoms with Crippen LogP contribution in [-0.2, 0) is 9.53 Å². The fourth-order valence-electron chi connectivity index (χ4n) is 8.98. The number of methoxy groups -OCH3 is 1. The molecule has 0 bridgehead atoms. The second-order valence-electron chi connectivity index (χ2n) is 11.6. The number of hydrogen-bond donors (Lipinski definition) is 2. The molecule has 0 aromatic heterocycles. The molecule has 0 radical (unpaired) electrons. The Bertz CT molecular complexity index is 620. The Balaban J connectivity index is 1.53. The van der Waals surface area contributed by atoms with Gasteiger partial charge in [-0.1, -0.05) is 20.8 Å². The van der Waals surface area contributed by atoms with Crippen molar-refractivity contribution in [1.29, 1.82) is 0 Å². The Labute approximate surface area is 176 Å². The van der Waals surface area contributed by atoms with Crippen molar-refractivity contribution < 1.29 is 19.7 Å². The summed E-state index contributed by atoms with van der Waals surface area (Å²) in [6.45, 7) is 7.18. The standard InChI is InChI=1S/C25H42O4/c1-15(5-10-22(28)29-4)19-8-9-20-18-7-6-16-13-17(26)11-12-24(16,2)23(18)21(27)14-25(19,20)3/h15-21,23,26-27H,5-14H2,1-4H3/t15-,16+,17+,18+,19-,20+,21+,23-,24+,25-/m1/s1. The molecule has 0 saturated heterocycles. The van der Waals surface area contributed by atoms with Crippen LogP contribution in [0, 0.1) is 46.3 Å². The van der Waals surface area contributed by atoms with Crippen molar-refractivity contribution in [2.45, 2.75) is 97.2 Å². The molecule has 166 valence electrons. The predicted molar refractivity (Wildman–Crippen MR) is 113 cm³/mol. The van der Waals surface area contributed by atoms with Crippen LogP contribution in [0.4, 0.5) is 0 Å². The average Bonchev–Trinajstić information content (AvgIpc) is 3.02. The van der Waals surface area contributed by atoms with E-state index in [1.165, 1.54) is 32.8 Å². The van der Waals surface area contributed by atoms with E-state index in [4.69, 9.17) is 4.74 Å². The van der Waals surface area contributed by atoms with Crippen molar-refractivity contribution >= 4 is 5.97 Å². The maximum atomic E-state index is 11.6. The van der Waals surface area contributed by atoms with Gasteiger partial charge in [-0.2, -0.15) is 0 Å². The highest BCUT2D eigenvalue weighted by Gasteiger charge is 2.63. The first-order valence-electron chi connectivity index (χ1n) is 12.1. The van der Waals surface area contributed by atoms with Crippen molar-refractivity contribution in [1.82, 2.24) is 0 Å². The van der Waals surface area contributed by atoms with E-state index in [1.54, 1.807) is 0 Å². The minimum atomic E-state index is -0.224. The Morgan fingerprint density at radius 1 is 1.10 bits per heavy atom. The summed E-state index contributed by atoms with van der Waals surface area (Å²) in [6.07, 6.45) is 9.80. The molecule has 4 fully saturated rings. The summed E-state index contributed by atoms with van der Waals surface area (Å²) < 4.78 is 4.85. The van der Waals surface area contributed by atoms with Gasteiger partial charge in [0.2, 0.25) is 0 Å². The van der Waals surface area contributed by atoms with Gasteiger partial charge >= 0.3 is 5.97 Å². The molecule has 4 aliphatic rings. The zero-order valence-electron chi connectivity index (χ0n) is 18.9. The number of carbonyl (C=O) groups is 1. The van der Waals surface area contributed by atoms with Crippen LogP contribution in [0.25, 0.3) is 0 Å². The highest BCUT2D eigenvalue weighted by Crippen LogP contribution is 2.68. The molecule has 4 nitrogen and oxygen atoms in total. The lowest BCUT2D eigenvalue weighted by Crippen LogP contribution is -2.59. The molecule has 4 saturated carbocycles. The quantitative estimate of drug-likeness (QED) is 0.671. The molecule has 0 aromatic rings. The van der Waals surface area contributed by atoms with Crippen LogP contribution in [0.15, 0.2) is 0 Å².